The lowest BCUT2D eigenvalue weighted by Gasteiger charge is -2.26. The van der Waals surface area contributed by atoms with Gasteiger partial charge in [0.05, 0.1) is 23.7 Å². The SMILES string of the molecule is N#Cc1cc2c(cn1)[nH]c1nccc(OCC3CNC3)c12. The number of hydrogen-bond donors (Lipinski definition) is 2. The lowest BCUT2D eigenvalue weighted by atomic mass is 10.1. The summed E-state index contributed by atoms with van der Waals surface area (Å²) in [5.41, 5.74) is 2.00. The van der Waals surface area contributed by atoms with Crippen molar-refractivity contribution in [3.8, 4) is 11.8 Å². The molecule has 4 heterocycles. The highest BCUT2D eigenvalue weighted by molar-refractivity contribution is 6.09. The fourth-order valence-corrected chi connectivity index (χ4v) is 2.54. The molecule has 21 heavy (non-hydrogen) atoms. The lowest BCUT2D eigenvalue weighted by Crippen LogP contribution is -2.45. The molecule has 1 aliphatic rings. The van der Waals surface area contributed by atoms with Crippen molar-refractivity contribution in [3.63, 3.8) is 0 Å². The second kappa shape index (κ2) is 4.72. The number of nitrogens with zero attached hydrogens (tertiary/aromatic N) is 3. The largest absolute Gasteiger partial charge is 0.492 e. The Hall–Kier alpha value is -2.65. The van der Waals surface area contributed by atoms with Gasteiger partial charge in [-0.05, 0) is 12.1 Å². The van der Waals surface area contributed by atoms with Crippen LogP contribution in [0.3, 0.4) is 0 Å². The number of nitriles is 1. The summed E-state index contributed by atoms with van der Waals surface area (Å²) in [6.45, 7) is 2.70. The fraction of sp³-hybridized carbons (Fsp3) is 0.267. The molecule has 1 fully saturated rings. The normalized spacial score (nSPS) is 15.0. The van der Waals surface area contributed by atoms with Crippen molar-refractivity contribution in [1.82, 2.24) is 20.3 Å². The van der Waals surface area contributed by atoms with E-state index in [1.54, 1.807) is 18.5 Å². The van der Waals surface area contributed by atoms with E-state index in [4.69, 9.17) is 10.00 Å². The fourth-order valence-electron chi connectivity index (χ4n) is 2.54. The molecule has 0 spiro atoms. The Morgan fingerprint density at radius 1 is 1.38 bits per heavy atom. The molecule has 0 unspecified atom stereocenters. The lowest BCUT2D eigenvalue weighted by molar-refractivity contribution is 0.201. The first-order chi connectivity index (χ1) is 10.3. The molecule has 6 heteroatoms. The zero-order valence-corrected chi connectivity index (χ0v) is 11.3. The minimum absolute atomic E-state index is 0.390. The highest BCUT2D eigenvalue weighted by atomic mass is 16.5. The molecule has 1 aliphatic heterocycles. The van der Waals surface area contributed by atoms with Crippen molar-refractivity contribution >= 4 is 21.9 Å². The number of hydrogen-bond acceptors (Lipinski definition) is 5. The van der Waals surface area contributed by atoms with E-state index in [2.05, 4.69) is 26.3 Å². The minimum Gasteiger partial charge on any atom is -0.492 e. The molecule has 3 aromatic rings. The maximum absolute atomic E-state index is 9.02. The summed E-state index contributed by atoms with van der Waals surface area (Å²) in [7, 11) is 0. The summed E-state index contributed by atoms with van der Waals surface area (Å²) >= 11 is 0. The summed E-state index contributed by atoms with van der Waals surface area (Å²) in [5.74, 6) is 1.36. The Bertz CT molecular complexity index is 859. The molecule has 4 rings (SSSR count). The first-order valence-corrected chi connectivity index (χ1v) is 6.85. The van der Waals surface area contributed by atoms with Crippen LogP contribution in [0.25, 0.3) is 21.9 Å². The molecule has 0 amide bonds. The summed E-state index contributed by atoms with van der Waals surface area (Å²) in [4.78, 5) is 11.6. The number of fused-ring (bicyclic) bond motifs is 3. The summed E-state index contributed by atoms with van der Waals surface area (Å²) in [6, 6.07) is 5.71. The topological polar surface area (TPSA) is 86.6 Å². The van der Waals surface area contributed by atoms with Crippen molar-refractivity contribution in [2.75, 3.05) is 19.7 Å². The molecule has 0 saturated carbocycles. The van der Waals surface area contributed by atoms with Gasteiger partial charge in [0, 0.05) is 30.6 Å². The van der Waals surface area contributed by atoms with Crippen molar-refractivity contribution in [3.05, 3.63) is 30.2 Å². The van der Waals surface area contributed by atoms with Gasteiger partial charge in [0.1, 0.15) is 23.2 Å². The number of ether oxygens (including phenoxy) is 1. The third kappa shape index (κ3) is 1.99. The summed E-state index contributed by atoms with van der Waals surface area (Å²) < 4.78 is 5.96. The standard InChI is InChI=1S/C15H13N5O/c16-4-10-3-11-12(7-19-10)20-15-14(11)13(1-2-18-15)21-8-9-5-17-6-9/h1-3,7,9,17H,5-6,8H2,(H,18,20). The van der Waals surface area contributed by atoms with Gasteiger partial charge >= 0.3 is 0 Å². The van der Waals surface area contributed by atoms with Crippen molar-refractivity contribution < 1.29 is 4.74 Å². The average Bonchev–Trinajstić information content (AvgIpc) is 2.83. The molecular formula is C15H13N5O. The highest BCUT2D eigenvalue weighted by Crippen LogP contribution is 2.32. The predicted molar refractivity (Wildman–Crippen MR) is 78.0 cm³/mol. The van der Waals surface area contributed by atoms with Crippen LogP contribution in [0, 0.1) is 17.2 Å². The quantitative estimate of drug-likeness (QED) is 0.760. The second-order valence-electron chi connectivity index (χ2n) is 5.22. The number of nitrogens with one attached hydrogen (secondary N) is 2. The molecule has 6 nitrogen and oxygen atoms in total. The number of H-pyrrole nitrogens is 1. The molecule has 0 atom stereocenters. The van der Waals surface area contributed by atoms with E-state index in [0.29, 0.717) is 18.2 Å². The monoisotopic (exact) mass is 279 g/mol. The number of aromatic nitrogens is 3. The van der Waals surface area contributed by atoms with Gasteiger partial charge in [0.2, 0.25) is 0 Å². The van der Waals surface area contributed by atoms with E-state index < -0.39 is 0 Å². The molecular weight excluding hydrogens is 266 g/mol. The molecule has 0 bridgehead atoms. The van der Waals surface area contributed by atoms with Crippen LogP contribution in [0.2, 0.25) is 0 Å². The van der Waals surface area contributed by atoms with Crippen LogP contribution in [0.1, 0.15) is 5.69 Å². The zero-order chi connectivity index (χ0) is 14.2. The van der Waals surface area contributed by atoms with Crippen LogP contribution in [-0.4, -0.2) is 34.6 Å². The van der Waals surface area contributed by atoms with Gasteiger partial charge in [-0.2, -0.15) is 5.26 Å². The Kier molecular flexibility index (Phi) is 2.72. The van der Waals surface area contributed by atoms with E-state index in [9.17, 15) is 0 Å². The minimum atomic E-state index is 0.390. The van der Waals surface area contributed by atoms with Crippen molar-refractivity contribution in [1.29, 1.82) is 5.26 Å². The Morgan fingerprint density at radius 2 is 2.29 bits per heavy atom. The highest BCUT2D eigenvalue weighted by Gasteiger charge is 2.18. The van der Waals surface area contributed by atoms with Crippen LogP contribution in [0.15, 0.2) is 24.5 Å². The van der Waals surface area contributed by atoms with Gasteiger partial charge in [0.25, 0.3) is 0 Å². The summed E-state index contributed by atoms with van der Waals surface area (Å²) in [5, 5.41) is 14.1. The van der Waals surface area contributed by atoms with Crippen LogP contribution in [0.5, 0.6) is 5.75 Å². The van der Waals surface area contributed by atoms with Crippen LogP contribution in [-0.2, 0) is 0 Å². The number of aromatic amines is 1. The van der Waals surface area contributed by atoms with E-state index in [0.717, 1.165) is 40.8 Å². The predicted octanol–water partition coefficient (Wildman–Crippen LogP) is 1.58. The third-order valence-electron chi connectivity index (χ3n) is 3.79. The van der Waals surface area contributed by atoms with Gasteiger partial charge in [0.15, 0.2) is 0 Å². The van der Waals surface area contributed by atoms with Gasteiger partial charge in [-0.15, -0.1) is 0 Å². The van der Waals surface area contributed by atoms with E-state index >= 15 is 0 Å². The van der Waals surface area contributed by atoms with E-state index in [1.165, 1.54) is 0 Å². The van der Waals surface area contributed by atoms with Crippen LogP contribution >= 0.6 is 0 Å². The van der Waals surface area contributed by atoms with Gasteiger partial charge in [-0.1, -0.05) is 0 Å². The maximum atomic E-state index is 9.02. The Labute approximate surface area is 120 Å². The molecule has 2 N–H and O–H groups in total. The first-order valence-electron chi connectivity index (χ1n) is 6.85. The molecule has 3 aromatic heterocycles. The number of pyridine rings is 2. The third-order valence-corrected chi connectivity index (χ3v) is 3.79. The molecule has 1 saturated heterocycles. The molecule has 104 valence electrons. The molecule has 0 radical (unpaired) electrons. The van der Waals surface area contributed by atoms with Crippen LogP contribution in [0.4, 0.5) is 0 Å². The second-order valence-corrected chi connectivity index (χ2v) is 5.22. The molecule has 0 aromatic carbocycles. The number of rotatable bonds is 3. The van der Waals surface area contributed by atoms with E-state index in [-0.39, 0.29) is 0 Å². The van der Waals surface area contributed by atoms with E-state index in [1.807, 2.05) is 6.07 Å². The van der Waals surface area contributed by atoms with Gasteiger partial charge in [-0.25, -0.2) is 9.97 Å². The molecule has 0 aliphatic carbocycles. The van der Waals surface area contributed by atoms with Gasteiger partial charge in [-0.3, -0.25) is 0 Å². The Morgan fingerprint density at radius 3 is 3.05 bits per heavy atom. The summed E-state index contributed by atoms with van der Waals surface area (Å²) in [6.07, 6.45) is 3.39. The van der Waals surface area contributed by atoms with Crippen molar-refractivity contribution in [2.24, 2.45) is 5.92 Å². The zero-order valence-electron chi connectivity index (χ0n) is 11.3. The Balaban J connectivity index is 1.83. The smallest absolute Gasteiger partial charge is 0.142 e. The van der Waals surface area contributed by atoms with Gasteiger partial charge < -0.3 is 15.0 Å². The first kappa shape index (κ1) is 12.1. The van der Waals surface area contributed by atoms with Crippen molar-refractivity contribution in [2.45, 2.75) is 0 Å². The van der Waals surface area contributed by atoms with Crippen LogP contribution < -0.4 is 10.1 Å². The average molecular weight is 279 g/mol. The maximum Gasteiger partial charge on any atom is 0.142 e.